The average molecular weight is 785 g/mol. The van der Waals surface area contributed by atoms with Crippen molar-refractivity contribution in [3.05, 3.63) is 218 Å². The van der Waals surface area contributed by atoms with Crippen molar-refractivity contribution in [2.45, 2.75) is 0 Å². The van der Waals surface area contributed by atoms with Crippen molar-refractivity contribution in [1.82, 2.24) is 9.97 Å². The third-order valence-electron chi connectivity index (χ3n) is 13.0. The third-order valence-corrected chi connectivity index (χ3v) is 13.0. The van der Waals surface area contributed by atoms with E-state index in [0.717, 1.165) is 44.6 Å². The molecule has 1 heterocycles. The Bertz CT molecular complexity index is 3900. The van der Waals surface area contributed by atoms with E-state index in [1.54, 1.807) is 0 Å². The van der Waals surface area contributed by atoms with E-state index in [4.69, 9.17) is 9.97 Å². The van der Waals surface area contributed by atoms with Gasteiger partial charge in [0.15, 0.2) is 5.82 Å². The maximum Gasteiger partial charge on any atom is 0.160 e. The minimum absolute atomic E-state index is 0.701. The second-order valence-corrected chi connectivity index (χ2v) is 16.4. The van der Waals surface area contributed by atoms with Gasteiger partial charge < -0.3 is 0 Å². The van der Waals surface area contributed by atoms with Gasteiger partial charge in [-0.25, -0.2) is 9.97 Å². The molecule has 0 spiro atoms. The van der Waals surface area contributed by atoms with Gasteiger partial charge in [0, 0.05) is 16.7 Å². The molecule has 13 rings (SSSR count). The molecule has 0 amide bonds. The van der Waals surface area contributed by atoms with Crippen LogP contribution in [0.1, 0.15) is 0 Å². The summed E-state index contributed by atoms with van der Waals surface area (Å²) in [6.45, 7) is 0. The Hall–Kier alpha value is -8.20. The van der Waals surface area contributed by atoms with Gasteiger partial charge in [-0.3, -0.25) is 0 Å². The molecular weight excluding hydrogens is 749 g/mol. The quantitative estimate of drug-likeness (QED) is 0.162. The van der Waals surface area contributed by atoms with Crippen molar-refractivity contribution < 1.29 is 0 Å². The van der Waals surface area contributed by atoms with Gasteiger partial charge in [-0.2, -0.15) is 0 Å². The molecule has 0 unspecified atom stereocenters. The van der Waals surface area contributed by atoms with Crippen LogP contribution in [-0.2, 0) is 0 Å². The number of benzene rings is 11. The number of hydrogen-bond donors (Lipinski definition) is 0. The fourth-order valence-corrected chi connectivity index (χ4v) is 10.2. The fourth-order valence-electron chi connectivity index (χ4n) is 10.2. The number of rotatable bonds is 5. The summed E-state index contributed by atoms with van der Waals surface area (Å²) >= 11 is 0. The lowest BCUT2D eigenvalue weighted by Gasteiger charge is -2.18. The van der Waals surface area contributed by atoms with E-state index in [1.807, 2.05) is 6.07 Å². The minimum atomic E-state index is 0.701. The van der Waals surface area contributed by atoms with Gasteiger partial charge in [0.05, 0.1) is 11.4 Å². The van der Waals surface area contributed by atoms with Crippen molar-refractivity contribution in [2.24, 2.45) is 0 Å². The molecule has 12 aromatic carbocycles. The van der Waals surface area contributed by atoms with Crippen LogP contribution in [0.3, 0.4) is 0 Å². The molecule has 0 aliphatic heterocycles. The van der Waals surface area contributed by atoms with Crippen LogP contribution in [0.4, 0.5) is 0 Å². The number of aromatic nitrogens is 2. The first-order valence-corrected chi connectivity index (χ1v) is 21.3. The predicted octanol–water partition coefficient (Wildman–Crippen LogP) is 16.3. The third kappa shape index (κ3) is 5.30. The molecule has 0 fully saturated rings. The normalized spacial score (nSPS) is 11.9. The van der Waals surface area contributed by atoms with Crippen molar-refractivity contribution in [3.63, 3.8) is 0 Å². The number of fused-ring (bicyclic) bond motifs is 3. The predicted molar refractivity (Wildman–Crippen MR) is 263 cm³/mol. The highest BCUT2D eigenvalue weighted by molar-refractivity contribution is 6.37. The highest BCUT2D eigenvalue weighted by Gasteiger charge is 2.19. The monoisotopic (exact) mass is 784 g/mol. The van der Waals surface area contributed by atoms with Crippen LogP contribution in [0.15, 0.2) is 218 Å². The number of nitrogens with zero attached hydrogens (tertiary/aromatic N) is 2. The molecule has 1 aromatic heterocycles. The van der Waals surface area contributed by atoms with Gasteiger partial charge in [-0.15, -0.1) is 0 Å². The zero-order valence-electron chi connectivity index (χ0n) is 33.7. The Kier molecular flexibility index (Phi) is 7.64. The van der Waals surface area contributed by atoms with Crippen LogP contribution in [-0.4, -0.2) is 9.97 Å². The molecule has 0 aliphatic rings. The Balaban J connectivity index is 1.08. The average Bonchev–Trinajstić information content (AvgIpc) is 3.35. The smallest absolute Gasteiger partial charge is 0.160 e. The zero-order chi connectivity index (χ0) is 40.7. The molecule has 62 heavy (non-hydrogen) atoms. The van der Waals surface area contributed by atoms with Gasteiger partial charge in [0.25, 0.3) is 0 Å². The van der Waals surface area contributed by atoms with Crippen molar-refractivity contribution in [2.75, 3.05) is 0 Å². The Morgan fingerprint density at radius 1 is 0.226 bits per heavy atom. The van der Waals surface area contributed by atoms with E-state index in [2.05, 4.69) is 212 Å². The van der Waals surface area contributed by atoms with Gasteiger partial charge in [-0.1, -0.05) is 200 Å². The number of hydrogen-bond acceptors (Lipinski definition) is 2. The lowest BCUT2D eigenvalue weighted by Crippen LogP contribution is -1.97. The first-order valence-electron chi connectivity index (χ1n) is 21.3. The second kappa shape index (κ2) is 13.7. The van der Waals surface area contributed by atoms with E-state index < -0.39 is 0 Å². The molecule has 0 N–H and O–H groups in total. The first kappa shape index (κ1) is 34.6. The lowest BCUT2D eigenvalue weighted by atomic mass is 9.86. The largest absolute Gasteiger partial charge is 0.228 e. The van der Waals surface area contributed by atoms with Crippen LogP contribution >= 0.6 is 0 Å². The molecule has 2 heteroatoms. The van der Waals surface area contributed by atoms with Crippen LogP contribution in [0.25, 0.3) is 132 Å². The van der Waals surface area contributed by atoms with E-state index >= 15 is 0 Å². The molecular formula is C60H36N2. The summed E-state index contributed by atoms with van der Waals surface area (Å²) in [6.07, 6.45) is 0. The van der Waals surface area contributed by atoms with E-state index in [-0.39, 0.29) is 0 Å². The first-order chi connectivity index (χ1) is 30.7. The maximum absolute atomic E-state index is 5.32. The van der Waals surface area contributed by atoms with Gasteiger partial charge in [0.1, 0.15) is 0 Å². The Morgan fingerprint density at radius 2 is 0.677 bits per heavy atom. The highest BCUT2D eigenvalue weighted by atomic mass is 14.9. The van der Waals surface area contributed by atoms with E-state index in [9.17, 15) is 0 Å². The Morgan fingerprint density at radius 3 is 1.31 bits per heavy atom. The summed E-state index contributed by atoms with van der Waals surface area (Å²) in [6, 6.07) is 79.4. The summed E-state index contributed by atoms with van der Waals surface area (Å²) in [5, 5.41) is 17.7. The molecule has 286 valence electrons. The zero-order valence-corrected chi connectivity index (χ0v) is 33.7. The van der Waals surface area contributed by atoms with Crippen molar-refractivity contribution in [1.29, 1.82) is 0 Å². The molecule has 0 bridgehead atoms. The topological polar surface area (TPSA) is 25.8 Å². The lowest BCUT2D eigenvalue weighted by molar-refractivity contribution is 1.19. The van der Waals surface area contributed by atoms with Crippen LogP contribution in [0, 0.1) is 0 Å². The summed E-state index contributed by atoms with van der Waals surface area (Å²) < 4.78 is 0. The van der Waals surface area contributed by atoms with E-state index in [0.29, 0.717) is 5.82 Å². The molecule has 0 atom stereocenters. The highest BCUT2D eigenvalue weighted by Crippen LogP contribution is 2.46. The van der Waals surface area contributed by atoms with Crippen molar-refractivity contribution >= 4 is 75.4 Å². The standard InChI is InChI=1S/C60H36N2/c1-3-14-37(15-4-1)44-21-7-10-24-48(44)54-36-55(62-60(61-54)41-16-5-2-6-17-41)49-33-32-45(46-22-8-9-23-47(46)49)43-34-42-31-30-40-19-12-26-51-50-25-11-18-38-28-29-39-20-13-27-52(58(39)56(38)50)53(35-43)59(42)57(40)51/h1-36H. The summed E-state index contributed by atoms with van der Waals surface area (Å²) in [5.41, 5.74) is 9.57. The van der Waals surface area contributed by atoms with Gasteiger partial charge in [0.2, 0.25) is 0 Å². The molecule has 0 aliphatic carbocycles. The summed E-state index contributed by atoms with van der Waals surface area (Å²) in [4.78, 5) is 10.6. The molecule has 0 saturated heterocycles. The van der Waals surface area contributed by atoms with Crippen LogP contribution in [0.5, 0.6) is 0 Å². The molecule has 13 aromatic rings. The van der Waals surface area contributed by atoms with Crippen molar-refractivity contribution in [3.8, 4) is 56.2 Å². The maximum atomic E-state index is 5.32. The minimum Gasteiger partial charge on any atom is -0.228 e. The summed E-state index contributed by atoms with van der Waals surface area (Å²) in [5.74, 6) is 0.701. The fraction of sp³-hybridized carbons (Fsp3) is 0. The SMILES string of the molecule is c1ccc(-c2nc(-c3ccccc3-c3ccccc3)cc(-c3ccc(-c4cc5ccc6cccc7c8cccc9ccc%10cccc(c(c4)c5c67)c%10c98)c4ccccc34)n2)cc1. The van der Waals surface area contributed by atoms with Crippen LogP contribution < -0.4 is 0 Å². The van der Waals surface area contributed by atoms with Gasteiger partial charge in [-0.05, 0) is 116 Å². The summed E-state index contributed by atoms with van der Waals surface area (Å²) in [7, 11) is 0. The second-order valence-electron chi connectivity index (χ2n) is 16.4. The molecule has 0 radical (unpaired) electrons. The van der Waals surface area contributed by atoms with Gasteiger partial charge >= 0.3 is 0 Å². The Labute approximate surface area is 358 Å². The molecule has 2 nitrogen and oxygen atoms in total. The van der Waals surface area contributed by atoms with Crippen LogP contribution in [0.2, 0.25) is 0 Å². The molecule has 0 saturated carbocycles. The van der Waals surface area contributed by atoms with E-state index in [1.165, 1.54) is 81.1 Å².